The highest BCUT2D eigenvalue weighted by Gasteiger charge is 2.20. The zero-order valence-corrected chi connectivity index (χ0v) is 19.9. The van der Waals surface area contributed by atoms with Crippen molar-refractivity contribution in [2.45, 2.75) is 22.2 Å². The van der Waals surface area contributed by atoms with Crippen LogP contribution in [0.4, 0.5) is 11.6 Å². The van der Waals surface area contributed by atoms with E-state index in [1.165, 1.54) is 48.4 Å². The number of amides is 1. The Morgan fingerprint density at radius 3 is 2.32 bits per heavy atom. The number of thioether (sulfide) groups is 1. The van der Waals surface area contributed by atoms with E-state index < -0.39 is 15.3 Å². The highest BCUT2D eigenvalue weighted by atomic mass is 32.2. The van der Waals surface area contributed by atoms with Crippen molar-refractivity contribution < 1.29 is 13.2 Å². The van der Waals surface area contributed by atoms with Gasteiger partial charge < -0.3 is 9.88 Å². The lowest BCUT2D eigenvalue weighted by Crippen LogP contribution is -2.23. The van der Waals surface area contributed by atoms with E-state index in [0.29, 0.717) is 16.7 Å². The van der Waals surface area contributed by atoms with Crippen molar-refractivity contribution in [3.63, 3.8) is 0 Å². The number of hydrogen-bond acceptors (Lipinski definition) is 8. The number of sulfonamides is 1. The minimum atomic E-state index is -3.85. The lowest BCUT2D eigenvalue weighted by Gasteiger charge is -2.12. The summed E-state index contributed by atoms with van der Waals surface area (Å²) in [6.45, 7) is 1.76. The maximum Gasteiger partial charge on any atom is 0.264 e. The van der Waals surface area contributed by atoms with Crippen LogP contribution in [0.25, 0.3) is 11.4 Å². The summed E-state index contributed by atoms with van der Waals surface area (Å²) in [6, 6.07) is 17.1. The Morgan fingerprint density at radius 1 is 0.971 bits per heavy atom. The Kier molecular flexibility index (Phi) is 6.89. The Labute approximate surface area is 200 Å². The number of nitrogens with one attached hydrogen (secondary N) is 2. The van der Waals surface area contributed by atoms with Gasteiger partial charge in [-0.15, -0.1) is 10.2 Å². The van der Waals surface area contributed by atoms with Crippen LogP contribution in [0.15, 0.2) is 83.1 Å². The van der Waals surface area contributed by atoms with Crippen LogP contribution in [-0.4, -0.2) is 44.3 Å². The third-order valence-electron chi connectivity index (χ3n) is 4.74. The van der Waals surface area contributed by atoms with Crippen molar-refractivity contribution in [3.05, 3.63) is 73.1 Å². The molecule has 0 aliphatic heterocycles. The number of rotatable bonds is 8. The smallest absolute Gasteiger partial charge is 0.264 e. The van der Waals surface area contributed by atoms with Crippen LogP contribution in [0.1, 0.15) is 6.92 Å². The molecule has 4 aromatic rings. The van der Waals surface area contributed by atoms with Gasteiger partial charge in [-0.3, -0.25) is 4.79 Å². The molecule has 1 unspecified atom stereocenters. The van der Waals surface area contributed by atoms with Crippen LogP contribution < -0.4 is 10.0 Å². The van der Waals surface area contributed by atoms with Gasteiger partial charge in [0, 0.05) is 30.7 Å². The van der Waals surface area contributed by atoms with E-state index in [9.17, 15) is 13.2 Å². The molecule has 0 bridgehead atoms. The highest BCUT2D eigenvalue weighted by Crippen LogP contribution is 2.26. The minimum absolute atomic E-state index is 0.0212. The molecule has 12 heteroatoms. The molecule has 2 aromatic carbocycles. The summed E-state index contributed by atoms with van der Waals surface area (Å²) in [4.78, 5) is 20.4. The van der Waals surface area contributed by atoms with Gasteiger partial charge in [-0.25, -0.2) is 23.1 Å². The SMILES string of the molecule is CC(Sc1nnc(-c2ccccc2)n1C)C(=O)Nc1ccc(S(=O)(=O)Nc2ncccn2)cc1. The summed E-state index contributed by atoms with van der Waals surface area (Å²) in [5.74, 6) is 0.438. The van der Waals surface area contributed by atoms with Crippen LogP contribution in [0.2, 0.25) is 0 Å². The summed E-state index contributed by atoms with van der Waals surface area (Å²) in [6.07, 6.45) is 2.87. The minimum Gasteiger partial charge on any atom is -0.325 e. The predicted octanol–water partition coefficient (Wildman–Crippen LogP) is 3.19. The van der Waals surface area contributed by atoms with Gasteiger partial charge in [0.05, 0.1) is 10.1 Å². The lowest BCUT2D eigenvalue weighted by molar-refractivity contribution is -0.115. The van der Waals surface area contributed by atoms with E-state index in [1.807, 2.05) is 41.9 Å². The van der Waals surface area contributed by atoms with Gasteiger partial charge in [-0.1, -0.05) is 42.1 Å². The highest BCUT2D eigenvalue weighted by molar-refractivity contribution is 8.00. The third-order valence-corrected chi connectivity index (χ3v) is 7.22. The van der Waals surface area contributed by atoms with E-state index in [-0.39, 0.29) is 16.8 Å². The molecule has 0 saturated carbocycles. The molecule has 0 aliphatic carbocycles. The topological polar surface area (TPSA) is 132 Å². The molecule has 2 heterocycles. The van der Waals surface area contributed by atoms with Gasteiger partial charge in [0.25, 0.3) is 10.0 Å². The molecular weight excluding hydrogens is 474 g/mol. The number of carbonyl (C=O) groups excluding carboxylic acids is 1. The molecule has 0 spiro atoms. The third kappa shape index (κ3) is 5.41. The number of anilines is 2. The molecule has 2 N–H and O–H groups in total. The maximum absolute atomic E-state index is 12.7. The molecule has 0 fully saturated rings. The Bertz CT molecular complexity index is 1380. The molecular formula is C22H21N7O3S2. The summed E-state index contributed by atoms with van der Waals surface area (Å²) < 4.78 is 29.1. The molecule has 0 aliphatic rings. The average molecular weight is 496 g/mol. The monoisotopic (exact) mass is 495 g/mol. The number of benzene rings is 2. The normalized spacial score (nSPS) is 12.2. The van der Waals surface area contributed by atoms with Crippen molar-refractivity contribution in [3.8, 4) is 11.4 Å². The second kappa shape index (κ2) is 10.0. The number of carbonyl (C=O) groups is 1. The molecule has 2 aromatic heterocycles. The zero-order valence-electron chi connectivity index (χ0n) is 18.3. The molecule has 0 saturated heterocycles. The molecule has 0 radical (unpaired) electrons. The fourth-order valence-electron chi connectivity index (χ4n) is 2.96. The summed E-state index contributed by atoms with van der Waals surface area (Å²) in [5.41, 5.74) is 1.40. The zero-order chi connectivity index (χ0) is 24.1. The molecule has 1 amide bonds. The fraction of sp³-hybridized carbons (Fsp3) is 0.136. The predicted molar refractivity (Wildman–Crippen MR) is 130 cm³/mol. The van der Waals surface area contributed by atoms with Crippen molar-refractivity contribution in [1.82, 2.24) is 24.7 Å². The average Bonchev–Trinajstić information content (AvgIpc) is 3.20. The van der Waals surface area contributed by atoms with Crippen LogP contribution in [-0.2, 0) is 21.9 Å². The first-order chi connectivity index (χ1) is 16.3. The number of hydrogen-bond donors (Lipinski definition) is 2. The van der Waals surface area contributed by atoms with Crippen LogP contribution >= 0.6 is 11.8 Å². The van der Waals surface area contributed by atoms with Gasteiger partial charge in [0.1, 0.15) is 0 Å². The summed E-state index contributed by atoms with van der Waals surface area (Å²) in [5, 5.41) is 11.4. The van der Waals surface area contributed by atoms with Gasteiger partial charge >= 0.3 is 0 Å². The first-order valence-corrected chi connectivity index (χ1v) is 12.5. The van der Waals surface area contributed by atoms with E-state index in [2.05, 4.69) is 30.2 Å². The molecule has 4 rings (SSSR count). The first-order valence-electron chi connectivity index (χ1n) is 10.2. The standard InChI is InChI=1S/C22H21N7O3S2/c1-15(33-22-27-26-19(29(22)2)16-7-4-3-5-8-16)20(30)25-17-9-11-18(12-10-17)34(31,32)28-21-23-13-6-14-24-21/h3-15H,1-2H3,(H,25,30)(H,23,24,28). The molecule has 10 nitrogen and oxygen atoms in total. The molecule has 1 atom stereocenters. The van der Waals surface area contributed by atoms with Crippen molar-refractivity contribution >= 4 is 39.3 Å². The van der Waals surface area contributed by atoms with Crippen molar-refractivity contribution in [1.29, 1.82) is 0 Å². The Morgan fingerprint density at radius 2 is 1.65 bits per heavy atom. The van der Waals surface area contributed by atoms with E-state index >= 15 is 0 Å². The Balaban J connectivity index is 1.39. The van der Waals surface area contributed by atoms with Crippen molar-refractivity contribution in [2.24, 2.45) is 7.05 Å². The van der Waals surface area contributed by atoms with Crippen LogP contribution in [0, 0.1) is 0 Å². The van der Waals surface area contributed by atoms with E-state index in [1.54, 1.807) is 13.0 Å². The van der Waals surface area contributed by atoms with E-state index in [0.717, 1.165) is 5.56 Å². The molecule has 34 heavy (non-hydrogen) atoms. The van der Waals surface area contributed by atoms with Crippen molar-refractivity contribution in [2.75, 3.05) is 10.0 Å². The van der Waals surface area contributed by atoms with Gasteiger partial charge in [0.2, 0.25) is 11.9 Å². The second-order valence-electron chi connectivity index (χ2n) is 7.18. The summed E-state index contributed by atoms with van der Waals surface area (Å²) >= 11 is 1.28. The van der Waals surface area contributed by atoms with E-state index in [4.69, 9.17) is 0 Å². The summed E-state index contributed by atoms with van der Waals surface area (Å²) in [7, 11) is -2.00. The number of aromatic nitrogens is 5. The number of nitrogens with zero attached hydrogens (tertiary/aromatic N) is 5. The largest absolute Gasteiger partial charge is 0.325 e. The fourth-order valence-corrected chi connectivity index (χ4v) is 4.73. The second-order valence-corrected chi connectivity index (χ2v) is 10.2. The van der Waals surface area contributed by atoms with Gasteiger partial charge in [-0.05, 0) is 37.3 Å². The maximum atomic E-state index is 12.7. The Hall–Kier alpha value is -3.77. The molecule has 174 valence electrons. The van der Waals surface area contributed by atoms with Crippen LogP contribution in [0.5, 0.6) is 0 Å². The van der Waals surface area contributed by atoms with Crippen LogP contribution in [0.3, 0.4) is 0 Å². The first kappa shape index (κ1) is 23.4. The quantitative estimate of drug-likeness (QED) is 0.356. The van der Waals surface area contributed by atoms with Gasteiger partial charge in [-0.2, -0.15) is 0 Å². The van der Waals surface area contributed by atoms with Gasteiger partial charge in [0.15, 0.2) is 11.0 Å². The lowest BCUT2D eigenvalue weighted by atomic mass is 10.2.